The van der Waals surface area contributed by atoms with Gasteiger partial charge in [0, 0.05) is 11.3 Å². The molecule has 0 bridgehead atoms. The minimum absolute atomic E-state index is 0.220. The highest BCUT2D eigenvalue weighted by Crippen LogP contribution is 2.26. The number of nitrogens with two attached hydrogens (primary N) is 1. The van der Waals surface area contributed by atoms with Gasteiger partial charge in [0.2, 0.25) is 0 Å². The molecule has 0 saturated heterocycles. The number of furan rings is 1. The number of hydrazine groups is 1. The maximum atomic E-state index is 11.3. The summed E-state index contributed by atoms with van der Waals surface area (Å²) in [4.78, 5) is 15.3. The molecular formula is C9H10N4O2S2. The minimum Gasteiger partial charge on any atom is -0.456 e. The van der Waals surface area contributed by atoms with Gasteiger partial charge in [0.1, 0.15) is 12.1 Å². The van der Waals surface area contributed by atoms with Gasteiger partial charge in [-0.3, -0.25) is 10.2 Å². The standard InChI is InChI=1S/C9H10N4O2S2/c1-5-6(2-7(15-5)8(14)13-10)3-16-9-11-4-12-17-9/h2,4H,3,10H2,1H3,(H,13,14). The summed E-state index contributed by atoms with van der Waals surface area (Å²) in [6, 6.07) is 1.69. The second kappa shape index (κ2) is 5.30. The zero-order valence-corrected chi connectivity index (χ0v) is 10.6. The van der Waals surface area contributed by atoms with Gasteiger partial charge in [0.25, 0.3) is 0 Å². The van der Waals surface area contributed by atoms with Crippen molar-refractivity contribution in [2.75, 3.05) is 0 Å². The van der Waals surface area contributed by atoms with E-state index in [0.29, 0.717) is 11.5 Å². The van der Waals surface area contributed by atoms with Gasteiger partial charge in [-0.1, -0.05) is 11.8 Å². The van der Waals surface area contributed by atoms with E-state index in [-0.39, 0.29) is 5.76 Å². The maximum Gasteiger partial charge on any atom is 0.300 e. The average molecular weight is 270 g/mol. The number of rotatable bonds is 4. The molecule has 3 N–H and O–H groups in total. The van der Waals surface area contributed by atoms with Gasteiger partial charge in [-0.05, 0) is 24.5 Å². The van der Waals surface area contributed by atoms with Gasteiger partial charge in [0.05, 0.1) is 0 Å². The number of aromatic nitrogens is 2. The number of hydrogen-bond donors (Lipinski definition) is 2. The van der Waals surface area contributed by atoms with E-state index in [1.807, 2.05) is 12.3 Å². The molecule has 0 atom stereocenters. The predicted octanol–water partition coefficient (Wildman–Crippen LogP) is 1.34. The molecule has 2 rings (SSSR count). The summed E-state index contributed by atoms with van der Waals surface area (Å²) in [6.07, 6.45) is 1.52. The van der Waals surface area contributed by atoms with Crippen LogP contribution in [0.5, 0.6) is 0 Å². The lowest BCUT2D eigenvalue weighted by Crippen LogP contribution is -2.29. The molecule has 1 amide bonds. The Morgan fingerprint density at radius 1 is 1.71 bits per heavy atom. The van der Waals surface area contributed by atoms with Crippen LogP contribution in [0.25, 0.3) is 0 Å². The van der Waals surface area contributed by atoms with E-state index in [1.54, 1.807) is 17.8 Å². The largest absolute Gasteiger partial charge is 0.456 e. The Hall–Kier alpha value is -1.38. The Kier molecular flexibility index (Phi) is 3.77. The smallest absolute Gasteiger partial charge is 0.300 e. The number of aryl methyl sites for hydroxylation is 1. The number of nitrogens with zero attached hydrogens (tertiary/aromatic N) is 2. The molecule has 2 aromatic heterocycles. The van der Waals surface area contributed by atoms with Gasteiger partial charge in [-0.2, -0.15) is 4.37 Å². The zero-order valence-electron chi connectivity index (χ0n) is 8.97. The average Bonchev–Trinajstić information content (AvgIpc) is 2.95. The molecule has 0 unspecified atom stereocenters. The summed E-state index contributed by atoms with van der Waals surface area (Å²) in [7, 11) is 0. The summed E-state index contributed by atoms with van der Waals surface area (Å²) in [5.74, 6) is 6.21. The minimum atomic E-state index is -0.430. The quantitative estimate of drug-likeness (QED) is 0.377. The third-order valence-corrected chi connectivity index (χ3v) is 3.91. The molecule has 2 heterocycles. The molecule has 6 nitrogen and oxygen atoms in total. The zero-order chi connectivity index (χ0) is 12.3. The molecule has 17 heavy (non-hydrogen) atoms. The van der Waals surface area contributed by atoms with Crippen molar-refractivity contribution in [2.24, 2.45) is 5.84 Å². The highest BCUT2D eigenvalue weighted by Gasteiger charge is 2.13. The van der Waals surface area contributed by atoms with E-state index in [1.165, 1.54) is 17.9 Å². The summed E-state index contributed by atoms with van der Waals surface area (Å²) in [6.45, 7) is 1.81. The number of nitrogens with one attached hydrogen (secondary N) is 1. The third-order valence-electron chi connectivity index (χ3n) is 2.07. The van der Waals surface area contributed by atoms with Crippen LogP contribution in [0.1, 0.15) is 21.9 Å². The van der Waals surface area contributed by atoms with Crippen LogP contribution >= 0.6 is 23.3 Å². The fourth-order valence-electron chi connectivity index (χ4n) is 1.21. The molecule has 0 spiro atoms. The first-order chi connectivity index (χ1) is 8.20. The molecular weight excluding hydrogens is 260 g/mol. The van der Waals surface area contributed by atoms with E-state index in [0.717, 1.165) is 9.90 Å². The molecule has 0 fully saturated rings. The summed E-state index contributed by atoms with van der Waals surface area (Å²) in [5, 5.41) is 0. The molecule has 0 aromatic carbocycles. The Bertz CT molecular complexity index is 509. The number of hydrogen-bond acceptors (Lipinski definition) is 7. The van der Waals surface area contributed by atoms with E-state index < -0.39 is 5.91 Å². The second-order valence-corrected chi connectivity index (χ2v) is 5.16. The Morgan fingerprint density at radius 3 is 3.18 bits per heavy atom. The summed E-state index contributed by atoms with van der Waals surface area (Å²) in [5.41, 5.74) is 2.98. The first-order valence-corrected chi connectivity index (χ1v) is 6.46. The fraction of sp³-hybridized carbons (Fsp3) is 0.222. The number of nitrogen functional groups attached to an aromatic ring is 1. The number of amides is 1. The van der Waals surface area contributed by atoms with Crippen LogP contribution in [0.4, 0.5) is 0 Å². The highest BCUT2D eigenvalue weighted by molar-refractivity contribution is 8.00. The van der Waals surface area contributed by atoms with Crippen LogP contribution in [-0.4, -0.2) is 15.3 Å². The van der Waals surface area contributed by atoms with Crippen molar-refractivity contribution < 1.29 is 9.21 Å². The monoisotopic (exact) mass is 270 g/mol. The van der Waals surface area contributed by atoms with Crippen molar-refractivity contribution in [3.63, 3.8) is 0 Å². The van der Waals surface area contributed by atoms with E-state index in [2.05, 4.69) is 9.36 Å². The second-order valence-electron chi connectivity index (χ2n) is 3.16. The van der Waals surface area contributed by atoms with Crippen molar-refractivity contribution in [1.29, 1.82) is 0 Å². The van der Waals surface area contributed by atoms with E-state index in [9.17, 15) is 4.79 Å². The normalized spacial score (nSPS) is 10.5. The lowest BCUT2D eigenvalue weighted by atomic mass is 10.3. The van der Waals surface area contributed by atoms with Crippen LogP contribution in [0.3, 0.4) is 0 Å². The molecule has 0 aliphatic carbocycles. The first-order valence-electron chi connectivity index (χ1n) is 4.70. The van der Waals surface area contributed by atoms with Crippen molar-refractivity contribution in [3.8, 4) is 0 Å². The predicted molar refractivity (Wildman–Crippen MR) is 64.6 cm³/mol. The van der Waals surface area contributed by atoms with Crippen LogP contribution in [-0.2, 0) is 5.75 Å². The number of carbonyl (C=O) groups is 1. The molecule has 2 aromatic rings. The van der Waals surface area contributed by atoms with Gasteiger partial charge >= 0.3 is 5.91 Å². The van der Waals surface area contributed by atoms with E-state index in [4.69, 9.17) is 10.3 Å². The molecule has 0 aliphatic rings. The fourth-order valence-corrected chi connectivity index (χ4v) is 2.69. The third kappa shape index (κ3) is 2.84. The lowest BCUT2D eigenvalue weighted by molar-refractivity contribution is 0.0924. The highest BCUT2D eigenvalue weighted by atomic mass is 32.2. The molecule has 0 saturated carbocycles. The summed E-state index contributed by atoms with van der Waals surface area (Å²) >= 11 is 2.89. The van der Waals surface area contributed by atoms with E-state index >= 15 is 0 Å². The number of carbonyl (C=O) groups excluding carboxylic acids is 1. The van der Waals surface area contributed by atoms with Crippen molar-refractivity contribution in [2.45, 2.75) is 17.0 Å². The van der Waals surface area contributed by atoms with Crippen LogP contribution < -0.4 is 11.3 Å². The van der Waals surface area contributed by atoms with Gasteiger partial charge in [-0.25, -0.2) is 10.8 Å². The Labute approximate surface area is 106 Å². The van der Waals surface area contributed by atoms with Gasteiger partial charge < -0.3 is 4.42 Å². The molecule has 90 valence electrons. The molecule has 8 heteroatoms. The molecule has 0 aliphatic heterocycles. The number of thioether (sulfide) groups is 1. The van der Waals surface area contributed by atoms with Gasteiger partial charge in [-0.15, -0.1) is 0 Å². The first kappa shape index (κ1) is 12.1. The molecule has 0 radical (unpaired) electrons. The van der Waals surface area contributed by atoms with Gasteiger partial charge in [0.15, 0.2) is 10.1 Å². The van der Waals surface area contributed by atoms with Crippen LogP contribution in [0, 0.1) is 6.92 Å². The van der Waals surface area contributed by atoms with Crippen LogP contribution in [0.2, 0.25) is 0 Å². The Morgan fingerprint density at radius 2 is 2.53 bits per heavy atom. The lowest BCUT2D eigenvalue weighted by Gasteiger charge is -1.94. The van der Waals surface area contributed by atoms with Crippen molar-refractivity contribution in [1.82, 2.24) is 14.8 Å². The SMILES string of the molecule is Cc1oc(C(=O)NN)cc1CSc1ncns1. The van der Waals surface area contributed by atoms with Crippen LogP contribution in [0.15, 0.2) is 21.2 Å². The topological polar surface area (TPSA) is 94.0 Å². The maximum absolute atomic E-state index is 11.3. The van der Waals surface area contributed by atoms with Crippen molar-refractivity contribution in [3.05, 3.63) is 29.5 Å². The van der Waals surface area contributed by atoms with Crippen molar-refractivity contribution >= 4 is 29.2 Å². The Balaban J connectivity index is 2.06. The summed E-state index contributed by atoms with van der Waals surface area (Å²) < 4.78 is 10.1.